The minimum atomic E-state index is -0.478. The topological polar surface area (TPSA) is 9.23 Å². The standard InChI is InChI=1S/C24H28ClFO/c1-3-5-17-6-8-18(9-7-17)19-10-12-20(13-11-19)21-14-15-22(27-16-4-2)24(26)23(21)25/h3,5,10-15,17-18H,4,6-9,16H2,1-2H3/b5-3+. The van der Waals surface area contributed by atoms with E-state index in [-0.39, 0.29) is 10.8 Å². The Labute approximate surface area is 167 Å². The molecule has 0 aromatic heterocycles. The van der Waals surface area contributed by atoms with Gasteiger partial charge in [-0.25, -0.2) is 4.39 Å². The van der Waals surface area contributed by atoms with Gasteiger partial charge in [-0.2, -0.15) is 0 Å². The van der Waals surface area contributed by atoms with Gasteiger partial charge in [-0.15, -0.1) is 0 Å². The zero-order chi connectivity index (χ0) is 19.2. The molecule has 0 bridgehead atoms. The minimum absolute atomic E-state index is 0.128. The fourth-order valence-electron chi connectivity index (χ4n) is 3.93. The van der Waals surface area contributed by atoms with Crippen LogP contribution in [0, 0.1) is 11.7 Å². The van der Waals surface area contributed by atoms with Crippen LogP contribution in [-0.4, -0.2) is 6.61 Å². The summed E-state index contributed by atoms with van der Waals surface area (Å²) < 4.78 is 19.9. The highest BCUT2D eigenvalue weighted by atomic mass is 35.5. The quantitative estimate of drug-likeness (QED) is 0.460. The van der Waals surface area contributed by atoms with Crippen LogP contribution in [0.5, 0.6) is 5.75 Å². The maximum absolute atomic E-state index is 14.5. The summed E-state index contributed by atoms with van der Waals surface area (Å²) in [7, 11) is 0. The van der Waals surface area contributed by atoms with Gasteiger partial charge >= 0.3 is 0 Å². The monoisotopic (exact) mass is 386 g/mol. The molecule has 144 valence electrons. The third-order valence-electron chi connectivity index (χ3n) is 5.44. The number of ether oxygens (including phenoxy) is 1. The minimum Gasteiger partial charge on any atom is -0.490 e. The van der Waals surface area contributed by atoms with E-state index in [9.17, 15) is 4.39 Å². The van der Waals surface area contributed by atoms with E-state index in [0.717, 1.165) is 17.9 Å². The highest BCUT2D eigenvalue weighted by molar-refractivity contribution is 6.33. The lowest BCUT2D eigenvalue weighted by atomic mass is 9.78. The number of hydrogen-bond acceptors (Lipinski definition) is 1. The van der Waals surface area contributed by atoms with Crippen LogP contribution in [0.15, 0.2) is 48.6 Å². The fraction of sp³-hybridized carbons (Fsp3) is 0.417. The molecule has 0 spiro atoms. The number of benzene rings is 2. The van der Waals surface area contributed by atoms with E-state index >= 15 is 0 Å². The summed E-state index contributed by atoms with van der Waals surface area (Å²) in [5.41, 5.74) is 3.02. The molecule has 0 saturated heterocycles. The first-order chi connectivity index (χ1) is 13.1. The summed E-state index contributed by atoms with van der Waals surface area (Å²) in [5.74, 6) is 1.10. The van der Waals surface area contributed by atoms with Crippen LogP contribution in [0.4, 0.5) is 4.39 Å². The van der Waals surface area contributed by atoms with Gasteiger partial charge in [-0.3, -0.25) is 0 Å². The van der Waals surface area contributed by atoms with Crippen molar-refractivity contribution in [1.29, 1.82) is 0 Å². The lowest BCUT2D eigenvalue weighted by Gasteiger charge is -2.27. The van der Waals surface area contributed by atoms with Crippen molar-refractivity contribution in [2.24, 2.45) is 5.92 Å². The summed E-state index contributed by atoms with van der Waals surface area (Å²) in [6, 6.07) is 12.0. The Bertz CT molecular complexity index is 774. The Balaban J connectivity index is 1.73. The van der Waals surface area contributed by atoms with Gasteiger partial charge in [-0.05, 0) is 74.1 Å². The van der Waals surface area contributed by atoms with Crippen LogP contribution in [0.3, 0.4) is 0 Å². The fourth-order valence-corrected chi connectivity index (χ4v) is 4.20. The van der Waals surface area contributed by atoms with E-state index < -0.39 is 5.82 Å². The highest BCUT2D eigenvalue weighted by Gasteiger charge is 2.21. The normalized spacial score (nSPS) is 20.1. The van der Waals surface area contributed by atoms with E-state index in [1.54, 1.807) is 6.07 Å². The maximum Gasteiger partial charge on any atom is 0.184 e. The predicted molar refractivity (Wildman–Crippen MR) is 112 cm³/mol. The summed E-state index contributed by atoms with van der Waals surface area (Å²) in [6.07, 6.45) is 10.3. The first-order valence-corrected chi connectivity index (χ1v) is 10.4. The lowest BCUT2D eigenvalue weighted by Crippen LogP contribution is -2.11. The second kappa shape index (κ2) is 9.41. The van der Waals surface area contributed by atoms with Gasteiger partial charge in [0.05, 0.1) is 11.6 Å². The van der Waals surface area contributed by atoms with Gasteiger partial charge in [0.2, 0.25) is 0 Å². The van der Waals surface area contributed by atoms with Crippen molar-refractivity contribution < 1.29 is 9.13 Å². The molecule has 0 atom stereocenters. The molecule has 0 aliphatic heterocycles. The van der Waals surface area contributed by atoms with Crippen molar-refractivity contribution in [3.05, 3.63) is 65.0 Å². The van der Waals surface area contributed by atoms with Crippen LogP contribution < -0.4 is 4.74 Å². The van der Waals surface area contributed by atoms with E-state index in [1.807, 2.05) is 13.0 Å². The van der Waals surface area contributed by atoms with Crippen LogP contribution in [0.25, 0.3) is 11.1 Å². The lowest BCUT2D eigenvalue weighted by molar-refractivity contribution is 0.301. The number of halogens is 2. The van der Waals surface area contributed by atoms with Crippen molar-refractivity contribution in [2.75, 3.05) is 6.61 Å². The average molecular weight is 387 g/mol. The molecular formula is C24H28ClFO. The third kappa shape index (κ3) is 4.73. The van der Waals surface area contributed by atoms with E-state index in [4.69, 9.17) is 16.3 Å². The molecule has 1 saturated carbocycles. The van der Waals surface area contributed by atoms with Crippen molar-refractivity contribution in [2.45, 2.75) is 51.9 Å². The average Bonchev–Trinajstić information content (AvgIpc) is 2.70. The molecule has 0 heterocycles. The van der Waals surface area contributed by atoms with Gasteiger partial charge in [0.15, 0.2) is 11.6 Å². The van der Waals surface area contributed by atoms with E-state index in [0.29, 0.717) is 18.1 Å². The van der Waals surface area contributed by atoms with Gasteiger partial charge < -0.3 is 4.74 Å². The SMILES string of the molecule is C/C=C/C1CCC(c2ccc(-c3ccc(OCCC)c(F)c3Cl)cc2)CC1. The van der Waals surface area contributed by atoms with Crippen LogP contribution in [-0.2, 0) is 0 Å². The Kier molecular flexibility index (Phi) is 6.95. The zero-order valence-electron chi connectivity index (χ0n) is 16.2. The first-order valence-electron chi connectivity index (χ1n) is 9.98. The molecule has 2 aromatic rings. The van der Waals surface area contributed by atoms with E-state index in [1.165, 1.54) is 31.2 Å². The van der Waals surface area contributed by atoms with Gasteiger partial charge in [0, 0.05) is 5.56 Å². The second-order valence-corrected chi connectivity index (χ2v) is 7.73. The maximum atomic E-state index is 14.5. The highest BCUT2D eigenvalue weighted by Crippen LogP contribution is 2.38. The van der Waals surface area contributed by atoms with Crippen LogP contribution in [0.1, 0.15) is 57.4 Å². The van der Waals surface area contributed by atoms with Crippen molar-refractivity contribution in [3.63, 3.8) is 0 Å². The smallest absolute Gasteiger partial charge is 0.184 e. The van der Waals surface area contributed by atoms with Gasteiger partial charge in [0.25, 0.3) is 0 Å². The predicted octanol–water partition coefficient (Wildman–Crippen LogP) is 7.78. The Morgan fingerprint density at radius 1 is 1.07 bits per heavy atom. The second-order valence-electron chi connectivity index (χ2n) is 7.35. The molecule has 0 amide bonds. The summed E-state index contributed by atoms with van der Waals surface area (Å²) >= 11 is 6.28. The molecular weight excluding hydrogens is 359 g/mol. The molecule has 0 N–H and O–H groups in total. The van der Waals surface area contributed by atoms with Crippen molar-refractivity contribution >= 4 is 11.6 Å². The summed E-state index contributed by atoms with van der Waals surface area (Å²) in [6.45, 7) is 4.57. The third-order valence-corrected chi connectivity index (χ3v) is 5.81. The molecule has 0 unspecified atom stereocenters. The van der Waals surface area contributed by atoms with Crippen molar-refractivity contribution in [3.8, 4) is 16.9 Å². The molecule has 27 heavy (non-hydrogen) atoms. The molecule has 1 aliphatic carbocycles. The number of rotatable bonds is 6. The van der Waals surface area contributed by atoms with Crippen LogP contribution in [0.2, 0.25) is 5.02 Å². The van der Waals surface area contributed by atoms with Crippen molar-refractivity contribution in [1.82, 2.24) is 0 Å². The summed E-state index contributed by atoms with van der Waals surface area (Å²) in [4.78, 5) is 0. The summed E-state index contributed by atoms with van der Waals surface area (Å²) in [5, 5.41) is 0.128. The Morgan fingerprint density at radius 3 is 2.41 bits per heavy atom. The molecule has 1 fully saturated rings. The number of hydrogen-bond donors (Lipinski definition) is 0. The molecule has 3 heteroatoms. The Hall–Kier alpha value is -1.80. The zero-order valence-corrected chi connectivity index (χ0v) is 16.9. The first kappa shape index (κ1) is 19.9. The molecule has 3 rings (SSSR count). The van der Waals surface area contributed by atoms with Gasteiger partial charge in [-0.1, -0.05) is 54.9 Å². The molecule has 1 nitrogen and oxygen atoms in total. The number of allylic oxidation sites excluding steroid dienone is 2. The van der Waals surface area contributed by atoms with E-state index in [2.05, 4.69) is 43.3 Å². The Morgan fingerprint density at radius 2 is 1.78 bits per heavy atom. The van der Waals surface area contributed by atoms with Gasteiger partial charge in [0.1, 0.15) is 0 Å². The molecule has 2 aromatic carbocycles. The molecule has 1 aliphatic rings. The van der Waals surface area contributed by atoms with Crippen LogP contribution >= 0.6 is 11.6 Å². The largest absolute Gasteiger partial charge is 0.490 e. The molecule has 0 radical (unpaired) electrons.